The zero-order valence-corrected chi connectivity index (χ0v) is 15.5. The zero-order chi connectivity index (χ0) is 18.1. The van der Waals surface area contributed by atoms with E-state index in [-0.39, 0.29) is 28.7 Å². The topological polar surface area (TPSA) is 53.0 Å². The van der Waals surface area contributed by atoms with Crippen molar-refractivity contribution in [1.82, 2.24) is 9.80 Å². The van der Waals surface area contributed by atoms with E-state index in [1.54, 1.807) is 4.90 Å². The minimum Gasteiger partial charge on any atom is -0.349 e. The lowest BCUT2D eigenvalue weighted by molar-refractivity contribution is -0.140. The van der Waals surface area contributed by atoms with Crippen LogP contribution in [-0.4, -0.2) is 54.0 Å². The van der Waals surface area contributed by atoms with E-state index >= 15 is 0 Å². The van der Waals surface area contributed by atoms with Crippen LogP contribution in [-0.2, 0) is 15.0 Å². The Kier molecular flexibility index (Phi) is 3.19. The van der Waals surface area contributed by atoms with Gasteiger partial charge in [0.2, 0.25) is 11.8 Å². The van der Waals surface area contributed by atoms with E-state index in [0.717, 1.165) is 37.9 Å². The van der Waals surface area contributed by atoms with Crippen molar-refractivity contribution in [3.63, 3.8) is 0 Å². The van der Waals surface area contributed by atoms with Gasteiger partial charge in [-0.25, -0.2) is 0 Å². The van der Waals surface area contributed by atoms with Gasteiger partial charge in [0.25, 0.3) is 0 Å². The number of fused-ring (bicyclic) bond motifs is 1. The number of carbonyl (C=O) groups is 2. The first kappa shape index (κ1) is 16.0. The van der Waals surface area contributed by atoms with E-state index in [4.69, 9.17) is 4.99 Å². The summed E-state index contributed by atoms with van der Waals surface area (Å²) in [6.45, 7) is 0.818. The van der Waals surface area contributed by atoms with Gasteiger partial charge in [0, 0.05) is 44.6 Å². The molecule has 3 atom stereocenters. The molecule has 1 spiro atoms. The maximum atomic E-state index is 13.0. The average molecular weight is 351 g/mol. The fraction of sp³-hybridized carbons (Fsp3) is 0.571. The van der Waals surface area contributed by atoms with E-state index in [1.807, 2.05) is 20.2 Å². The highest BCUT2D eigenvalue weighted by Crippen LogP contribution is 2.63. The summed E-state index contributed by atoms with van der Waals surface area (Å²) in [6, 6.07) is 8.38. The summed E-state index contributed by atoms with van der Waals surface area (Å²) in [5.41, 5.74) is 2.98. The van der Waals surface area contributed by atoms with Crippen molar-refractivity contribution in [2.45, 2.75) is 50.0 Å². The molecule has 3 aliphatic heterocycles. The molecule has 26 heavy (non-hydrogen) atoms. The molecule has 3 heterocycles. The Morgan fingerprint density at radius 2 is 2.12 bits per heavy atom. The first-order valence-electron chi connectivity index (χ1n) is 9.65. The molecule has 1 aromatic rings. The van der Waals surface area contributed by atoms with Crippen molar-refractivity contribution in [1.29, 1.82) is 0 Å². The Bertz CT molecular complexity index is 845. The molecule has 0 aromatic heterocycles. The zero-order valence-electron chi connectivity index (χ0n) is 15.5. The Morgan fingerprint density at radius 1 is 1.31 bits per heavy atom. The van der Waals surface area contributed by atoms with Gasteiger partial charge in [-0.1, -0.05) is 18.2 Å². The van der Waals surface area contributed by atoms with Crippen LogP contribution in [0.25, 0.3) is 0 Å². The van der Waals surface area contributed by atoms with Gasteiger partial charge >= 0.3 is 0 Å². The first-order chi connectivity index (χ1) is 12.5. The van der Waals surface area contributed by atoms with Crippen molar-refractivity contribution in [2.24, 2.45) is 10.4 Å². The minimum atomic E-state index is -0.307. The number of nitrogens with zero attached hydrogens (tertiary/aromatic N) is 3. The van der Waals surface area contributed by atoms with Crippen LogP contribution in [0, 0.1) is 5.41 Å². The van der Waals surface area contributed by atoms with Crippen LogP contribution in [0.1, 0.15) is 44.1 Å². The molecule has 1 aliphatic carbocycles. The minimum absolute atomic E-state index is 0.0799. The lowest BCUT2D eigenvalue weighted by atomic mass is 9.52. The summed E-state index contributed by atoms with van der Waals surface area (Å²) in [5.74, 6) is 0.413. The monoisotopic (exact) mass is 351 g/mol. The largest absolute Gasteiger partial charge is 0.349 e. The van der Waals surface area contributed by atoms with Crippen LogP contribution in [0.15, 0.2) is 29.3 Å². The van der Waals surface area contributed by atoms with E-state index in [2.05, 4.69) is 23.1 Å². The van der Waals surface area contributed by atoms with Gasteiger partial charge < -0.3 is 9.80 Å². The Labute approximate surface area is 154 Å². The number of aliphatic imine (C=N–C) groups is 1. The maximum absolute atomic E-state index is 13.0. The summed E-state index contributed by atoms with van der Waals surface area (Å²) in [5, 5.41) is 0. The Morgan fingerprint density at radius 3 is 2.92 bits per heavy atom. The van der Waals surface area contributed by atoms with E-state index in [1.165, 1.54) is 11.3 Å². The van der Waals surface area contributed by atoms with Gasteiger partial charge in [0.15, 0.2) is 0 Å². The number of benzene rings is 1. The highest BCUT2D eigenvalue weighted by Gasteiger charge is 2.68. The molecule has 5 nitrogen and oxygen atoms in total. The van der Waals surface area contributed by atoms with Gasteiger partial charge in [-0.2, -0.15) is 0 Å². The summed E-state index contributed by atoms with van der Waals surface area (Å²) in [6.07, 6.45) is 4.92. The van der Waals surface area contributed by atoms with Gasteiger partial charge in [0.1, 0.15) is 0 Å². The number of amides is 2. The van der Waals surface area contributed by atoms with Gasteiger partial charge in [-0.05, 0) is 37.3 Å². The predicted molar refractivity (Wildman–Crippen MR) is 99.5 cm³/mol. The summed E-state index contributed by atoms with van der Waals surface area (Å²) in [7, 11) is 3.66. The van der Waals surface area contributed by atoms with Crippen molar-refractivity contribution in [3.05, 3.63) is 29.8 Å². The smallest absolute Gasteiger partial charge is 0.224 e. The molecule has 2 saturated heterocycles. The van der Waals surface area contributed by atoms with Gasteiger partial charge in [-0.3, -0.25) is 14.6 Å². The molecule has 136 valence electrons. The molecule has 0 bridgehead atoms. The SMILES string of the molecule is CN(C)C(=O)C[C@@]12CCCN3C(=O)C[C@@]4(C(=Nc5ccccc54)CC1)[C@H]32. The van der Waals surface area contributed by atoms with Crippen molar-refractivity contribution >= 4 is 23.2 Å². The van der Waals surface area contributed by atoms with E-state index in [0.29, 0.717) is 12.8 Å². The first-order valence-corrected chi connectivity index (χ1v) is 9.65. The van der Waals surface area contributed by atoms with Gasteiger partial charge in [-0.15, -0.1) is 0 Å². The normalized spacial score (nSPS) is 34.1. The molecule has 1 saturated carbocycles. The molecule has 1 aromatic carbocycles. The van der Waals surface area contributed by atoms with Crippen molar-refractivity contribution in [3.8, 4) is 0 Å². The van der Waals surface area contributed by atoms with Crippen LogP contribution in [0.5, 0.6) is 0 Å². The van der Waals surface area contributed by atoms with Crippen molar-refractivity contribution in [2.75, 3.05) is 20.6 Å². The second-order valence-corrected chi connectivity index (χ2v) is 8.64. The number of hydrogen-bond donors (Lipinski definition) is 0. The quantitative estimate of drug-likeness (QED) is 0.822. The molecular formula is C21H25N3O2. The van der Waals surface area contributed by atoms with Crippen LogP contribution < -0.4 is 0 Å². The van der Waals surface area contributed by atoms with Crippen molar-refractivity contribution < 1.29 is 9.59 Å². The molecule has 2 amide bonds. The number of carbonyl (C=O) groups excluding carboxylic acids is 2. The predicted octanol–water partition coefficient (Wildman–Crippen LogP) is 2.66. The third-order valence-corrected chi connectivity index (χ3v) is 7.20. The summed E-state index contributed by atoms with van der Waals surface area (Å²) < 4.78 is 0. The van der Waals surface area contributed by atoms with Crippen LogP contribution >= 0.6 is 0 Å². The number of rotatable bonds is 2. The average Bonchev–Trinajstić information content (AvgIpc) is 3.11. The molecule has 0 unspecified atom stereocenters. The second-order valence-electron chi connectivity index (χ2n) is 8.64. The van der Waals surface area contributed by atoms with Gasteiger partial charge in [0.05, 0.1) is 17.1 Å². The fourth-order valence-electron chi connectivity index (χ4n) is 6.18. The molecule has 0 radical (unpaired) electrons. The molecule has 5 heteroatoms. The van der Waals surface area contributed by atoms with E-state index < -0.39 is 0 Å². The van der Waals surface area contributed by atoms with E-state index in [9.17, 15) is 9.59 Å². The molecular weight excluding hydrogens is 326 g/mol. The van der Waals surface area contributed by atoms with Crippen LogP contribution in [0.2, 0.25) is 0 Å². The highest BCUT2D eigenvalue weighted by atomic mass is 16.2. The molecule has 0 N–H and O–H groups in total. The highest BCUT2D eigenvalue weighted by molar-refractivity contribution is 6.08. The summed E-state index contributed by atoms with van der Waals surface area (Å²) in [4.78, 5) is 34.5. The van der Waals surface area contributed by atoms with Crippen LogP contribution in [0.3, 0.4) is 0 Å². The number of hydrogen-bond acceptors (Lipinski definition) is 3. The lowest BCUT2D eigenvalue weighted by Gasteiger charge is -2.55. The lowest BCUT2D eigenvalue weighted by Crippen LogP contribution is -2.62. The Balaban J connectivity index is 1.68. The number of para-hydroxylation sites is 1. The second kappa shape index (κ2) is 5.18. The summed E-state index contributed by atoms with van der Waals surface area (Å²) >= 11 is 0. The Hall–Kier alpha value is -2.17. The number of piperidine rings is 1. The third-order valence-electron chi connectivity index (χ3n) is 7.20. The fourth-order valence-corrected chi connectivity index (χ4v) is 6.18. The standard InChI is InChI=1S/C21H25N3O2/c1-23(2)17(25)12-20-9-5-11-24-18(26)13-21(19(20)24)14-6-3-4-7-15(14)22-16(21)8-10-20/h3-4,6-7,19H,5,8-13H2,1-2H3/t19-,20-,21-/m1/s1. The molecule has 3 fully saturated rings. The third kappa shape index (κ3) is 1.84. The molecule has 4 aliphatic rings. The maximum Gasteiger partial charge on any atom is 0.224 e. The van der Waals surface area contributed by atoms with Crippen LogP contribution in [0.4, 0.5) is 5.69 Å². The molecule has 5 rings (SSSR count).